The molecule has 4 nitrogen and oxygen atoms in total. The second kappa shape index (κ2) is 4.13. The molecule has 0 spiro atoms. The minimum absolute atomic E-state index is 0.129. The Hall–Kier alpha value is -1.19. The van der Waals surface area contributed by atoms with Crippen LogP contribution in [0.2, 0.25) is 0 Å². The Morgan fingerprint density at radius 1 is 1.60 bits per heavy atom. The lowest BCUT2D eigenvalue weighted by atomic mass is 10.1. The van der Waals surface area contributed by atoms with Gasteiger partial charge in [0.2, 0.25) is 5.89 Å². The van der Waals surface area contributed by atoms with Crippen molar-refractivity contribution >= 4 is 5.78 Å². The molecule has 1 fully saturated rings. The van der Waals surface area contributed by atoms with Gasteiger partial charge in [-0.05, 0) is 19.3 Å². The lowest BCUT2D eigenvalue weighted by molar-refractivity contribution is -0.119. The normalized spacial score (nSPS) is 23.3. The molecule has 1 heterocycles. The molecule has 0 radical (unpaired) electrons. The van der Waals surface area contributed by atoms with Gasteiger partial charge in [0.15, 0.2) is 5.82 Å². The molecule has 1 aromatic rings. The molecule has 2 atom stereocenters. The van der Waals surface area contributed by atoms with Crippen LogP contribution >= 0.6 is 0 Å². The lowest BCUT2D eigenvalue weighted by Crippen LogP contribution is -2.05. The van der Waals surface area contributed by atoms with E-state index in [9.17, 15) is 4.79 Å². The van der Waals surface area contributed by atoms with E-state index in [0.29, 0.717) is 18.2 Å². The van der Waals surface area contributed by atoms with Crippen molar-refractivity contribution in [3.8, 4) is 0 Å². The standard InChI is InChI=1S/C11H16N2O2/c1-3-7(2)10-12-11(15-13-10)8-5-4-6-9(8)14/h7-8H,3-6H2,1-2H3. The first-order valence-electron chi connectivity index (χ1n) is 5.58. The second-order valence-electron chi connectivity index (χ2n) is 4.21. The molecule has 2 unspecified atom stereocenters. The van der Waals surface area contributed by atoms with Crippen molar-refractivity contribution in [2.45, 2.75) is 51.4 Å². The van der Waals surface area contributed by atoms with Crippen LogP contribution in [0.3, 0.4) is 0 Å². The topological polar surface area (TPSA) is 56.0 Å². The number of hydrogen-bond acceptors (Lipinski definition) is 4. The number of nitrogens with zero attached hydrogens (tertiary/aromatic N) is 2. The van der Waals surface area contributed by atoms with Gasteiger partial charge < -0.3 is 4.52 Å². The summed E-state index contributed by atoms with van der Waals surface area (Å²) in [7, 11) is 0. The van der Waals surface area contributed by atoms with Gasteiger partial charge in [0.25, 0.3) is 0 Å². The van der Waals surface area contributed by atoms with Crippen molar-refractivity contribution in [1.82, 2.24) is 10.1 Å². The average molecular weight is 208 g/mol. The van der Waals surface area contributed by atoms with Crippen molar-refractivity contribution in [2.24, 2.45) is 0 Å². The van der Waals surface area contributed by atoms with Crippen LogP contribution in [0.1, 0.15) is 63.1 Å². The van der Waals surface area contributed by atoms with Crippen molar-refractivity contribution < 1.29 is 9.32 Å². The first kappa shape index (κ1) is 10.3. The molecule has 1 saturated carbocycles. The Kier molecular flexibility index (Phi) is 2.84. The van der Waals surface area contributed by atoms with Crippen LogP contribution in [0.25, 0.3) is 0 Å². The number of hydrogen-bond donors (Lipinski definition) is 0. The SMILES string of the molecule is CCC(C)c1noc(C2CCCC2=O)n1. The quantitative estimate of drug-likeness (QED) is 0.765. The highest BCUT2D eigenvalue weighted by Crippen LogP contribution is 2.30. The Morgan fingerprint density at radius 3 is 3.00 bits per heavy atom. The van der Waals surface area contributed by atoms with Crippen LogP contribution in [0.15, 0.2) is 4.52 Å². The fourth-order valence-corrected chi connectivity index (χ4v) is 1.85. The largest absolute Gasteiger partial charge is 0.339 e. The van der Waals surface area contributed by atoms with Crippen molar-refractivity contribution in [3.63, 3.8) is 0 Å². The lowest BCUT2D eigenvalue weighted by Gasteiger charge is -2.00. The molecule has 0 N–H and O–H groups in total. The summed E-state index contributed by atoms with van der Waals surface area (Å²) in [5.41, 5.74) is 0. The monoisotopic (exact) mass is 208 g/mol. The van der Waals surface area contributed by atoms with Gasteiger partial charge >= 0.3 is 0 Å². The molecular weight excluding hydrogens is 192 g/mol. The van der Waals surface area contributed by atoms with Crippen molar-refractivity contribution in [2.75, 3.05) is 0 Å². The summed E-state index contributed by atoms with van der Waals surface area (Å²) in [4.78, 5) is 15.8. The van der Waals surface area contributed by atoms with Gasteiger partial charge in [-0.15, -0.1) is 0 Å². The molecule has 0 amide bonds. The molecule has 1 aliphatic rings. The van der Waals surface area contributed by atoms with E-state index < -0.39 is 0 Å². The molecule has 0 aromatic carbocycles. The van der Waals surface area contributed by atoms with E-state index in [0.717, 1.165) is 25.1 Å². The molecule has 2 rings (SSSR count). The summed E-state index contributed by atoms with van der Waals surface area (Å²) < 4.78 is 5.16. The minimum atomic E-state index is -0.129. The number of ketones is 1. The highest BCUT2D eigenvalue weighted by molar-refractivity contribution is 5.86. The van der Waals surface area contributed by atoms with Crippen LogP contribution in [-0.2, 0) is 4.79 Å². The average Bonchev–Trinajstić information content (AvgIpc) is 2.84. The van der Waals surface area contributed by atoms with E-state index in [2.05, 4.69) is 24.0 Å². The molecule has 1 aromatic heterocycles. The Bertz CT molecular complexity index is 359. The highest BCUT2D eigenvalue weighted by atomic mass is 16.5. The molecule has 0 aliphatic heterocycles. The Labute approximate surface area is 89.1 Å². The van der Waals surface area contributed by atoms with Crippen LogP contribution < -0.4 is 0 Å². The number of carbonyl (C=O) groups excluding carboxylic acids is 1. The number of Topliss-reactive ketones (excluding diaryl/α,β-unsaturated/α-hetero) is 1. The summed E-state index contributed by atoms with van der Waals surface area (Å²) >= 11 is 0. The van der Waals surface area contributed by atoms with Gasteiger partial charge in [0.05, 0.1) is 5.92 Å². The molecule has 82 valence electrons. The van der Waals surface area contributed by atoms with Gasteiger partial charge in [0.1, 0.15) is 5.78 Å². The summed E-state index contributed by atoms with van der Waals surface area (Å²) in [5, 5.41) is 3.93. The van der Waals surface area contributed by atoms with E-state index in [-0.39, 0.29) is 11.7 Å². The first-order valence-corrected chi connectivity index (χ1v) is 5.58. The van der Waals surface area contributed by atoms with Crippen LogP contribution in [0.4, 0.5) is 0 Å². The molecule has 1 aliphatic carbocycles. The molecule has 15 heavy (non-hydrogen) atoms. The molecular formula is C11H16N2O2. The van der Waals surface area contributed by atoms with Crippen molar-refractivity contribution in [3.05, 3.63) is 11.7 Å². The highest BCUT2D eigenvalue weighted by Gasteiger charge is 2.31. The third kappa shape index (κ3) is 1.94. The second-order valence-corrected chi connectivity index (χ2v) is 4.21. The fourth-order valence-electron chi connectivity index (χ4n) is 1.85. The maximum atomic E-state index is 11.5. The predicted molar refractivity (Wildman–Crippen MR) is 54.6 cm³/mol. The maximum Gasteiger partial charge on any atom is 0.237 e. The molecule has 0 bridgehead atoms. The third-order valence-corrected chi connectivity index (χ3v) is 3.11. The Morgan fingerprint density at radius 2 is 2.40 bits per heavy atom. The summed E-state index contributed by atoms with van der Waals surface area (Å²) in [6, 6.07) is 0. The zero-order valence-corrected chi connectivity index (χ0v) is 9.19. The third-order valence-electron chi connectivity index (χ3n) is 3.11. The smallest absolute Gasteiger partial charge is 0.237 e. The van der Waals surface area contributed by atoms with Gasteiger partial charge in [-0.2, -0.15) is 4.98 Å². The van der Waals surface area contributed by atoms with Crippen molar-refractivity contribution in [1.29, 1.82) is 0 Å². The van der Waals surface area contributed by atoms with E-state index in [1.165, 1.54) is 0 Å². The van der Waals surface area contributed by atoms with Gasteiger partial charge in [0, 0.05) is 12.3 Å². The first-order chi connectivity index (χ1) is 7.22. The van der Waals surface area contributed by atoms with Gasteiger partial charge in [-0.1, -0.05) is 19.0 Å². The maximum absolute atomic E-state index is 11.5. The van der Waals surface area contributed by atoms with Gasteiger partial charge in [-0.25, -0.2) is 0 Å². The van der Waals surface area contributed by atoms with Gasteiger partial charge in [-0.3, -0.25) is 4.79 Å². The molecule has 4 heteroatoms. The zero-order chi connectivity index (χ0) is 10.8. The van der Waals surface area contributed by atoms with E-state index in [4.69, 9.17) is 4.52 Å². The fraction of sp³-hybridized carbons (Fsp3) is 0.727. The summed E-state index contributed by atoms with van der Waals surface area (Å²) in [5.74, 6) is 1.67. The number of aromatic nitrogens is 2. The number of carbonyl (C=O) groups is 1. The minimum Gasteiger partial charge on any atom is -0.339 e. The zero-order valence-electron chi connectivity index (χ0n) is 9.19. The molecule has 0 saturated heterocycles. The van der Waals surface area contributed by atoms with E-state index in [1.54, 1.807) is 0 Å². The predicted octanol–water partition coefficient (Wildman–Crippen LogP) is 2.42. The summed E-state index contributed by atoms with van der Waals surface area (Å²) in [6.07, 6.45) is 3.45. The summed E-state index contributed by atoms with van der Waals surface area (Å²) in [6.45, 7) is 4.15. The Balaban J connectivity index is 2.16. The van der Waals surface area contributed by atoms with Crippen LogP contribution in [-0.4, -0.2) is 15.9 Å². The number of rotatable bonds is 3. The van der Waals surface area contributed by atoms with E-state index in [1.807, 2.05) is 0 Å². The van der Waals surface area contributed by atoms with Crippen LogP contribution in [0, 0.1) is 0 Å². The van der Waals surface area contributed by atoms with Crippen LogP contribution in [0.5, 0.6) is 0 Å². The van der Waals surface area contributed by atoms with E-state index >= 15 is 0 Å².